The van der Waals surface area contributed by atoms with Crippen LogP contribution in [0.1, 0.15) is 32.6 Å². The highest BCUT2D eigenvalue weighted by Gasteiger charge is 2.27. The maximum atomic E-state index is 11.5. The Morgan fingerprint density at radius 1 is 1.56 bits per heavy atom. The monoisotopic (exact) mass is 227 g/mol. The molecule has 90 valence electrons. The summed E-state index contributed by atoms with van der Waals surface area (Å²) < 4.78 is 4.48. The number of hydrogen-bond acceptors (Lipinski definition) is 4. The molecule has 2 atom stereocenters. The highest BCUT2D eigenvalue weighted by atomic mass is 16.5. The van der Waals surface area contributed by atoms with Crippen molar-refractivity contribution in [2.24, 2.45) is 5.92 Å². The van der Waals surface area contributed by atoms with Crippen LogP contribution in [0, 0.1) is 5.92 Å². The van der Waals surface area contributed by atoms with E-state index in [4.69, 9.17) is 0 Å². The molecule has 0 saturated heterocycles. The van der Waals surface area contributed by atoms with Gasteiger partial charge in [0.15, 0.2) is 0 Å². The number of carbonyl (C=O) groups is 3. The Morgan fingerprint density at radius 3 is 2.75 bits per heavy atom. The summed E-state index contributed by atoms with van der Waals surface area (Å²) in [5.74, 6) is -0.755. The van der Waals surface area contributed by atoms with E-state index in [-0.39, 0.29) is 24.0 Å². The Balaban J connectivity index is 2.35. The minimum absolute atomic E-state index is 0.154. The summed E-state index contributed by atoms with van der Waals surface area (Å²) in [5.41, 5.74) is 0. The highest BCUT2D eigenvalue weighted by Crippen LogP contribution is 2.23. The predicted octanol–water partition coefficient (Wildman–Crippen LogP) is 0.423. The molecule has 1 aliphatic carbocycles. The van der Waals surface area contributed by atoms with Gasteiger partial charge >= 0.3 is 5.97 Å². The molecule has 1 rings (SSSR count). The lowest BCUT2D eigenvalue weighted by molar-refractivity contribution is -0.144. The molecule has 0 aliphatic heterocycles. The maximum Gasteiger partial charge on any atom is 0.328 e. The van der Waals surface area contributed by atoms with Gasteiger partial charge in [-0.2, -0.15) is 0 Å². The fourth-order valence-electron chi connectivity index (χ4n) is 1.86. The SMILES string of the molecule is COC(=O)C(C)NC(=O)CC1CCCC1=O. The third-order valence-corrected chi connectivity index (χ3v) is 2.80. The van der Waals surface area contributed by atoms with E-state index in [1.54, 1.807) is 6.92 Å². The first-order valence-corrected chi connectivity index (χ1v) is 5.44. The molecule has 1 fully saturated rings. The lowest BCUT2D eigenvalue weighted by Crippen LogP contribution is -2.40. The second kappa shape index (κ2) is 5.63. The quantitative estimate of drug-likeness (QED) is 0.707. The van der Waals surface area contributed by atoms with Crippen LogP contribution in [0.3, 0.4) is 0 Å². The summed E-state index contributed by atoms with van der Waals surface area (Å²) >= 11 is 0. The van der Waals surface area contributed by atoms with Crippen LogP contribution in [0.25, 0.3) is 0 Å². The molecular formula is C11H17NO4. The van der Waals surface area contributed by atoms with E-state index < -0.39 is 12.0 Å². The van der Waals surface area contributed by atoms with Gasteiger partial charge in [-0.15, -0.1) is 0 Å². The van der Waals surface area contributed by atoms with Gasteiger partial charge in [-0.3, -0.25) is 9.59 Å². The largest absolute Gasteiger partial charge is 0.467 e. The van der Waals surface area contributed by atoms with Gasteiger partial charge in [-0.1, -0.05) is 0 Å². The Morgan fingerprint density at radius 2 is 2.25 bits per heavy atom. The van der Waals surface area contributed by atoms with E-state index in [0.717, 1.165) is 12.8 Å². The molecular weight excluding hydrogens is 210 g/mol. The van der Waals surface area contributed by atoms with Gasteiger partial charge in [0, 0.05) is 18.8 Å². The minimum atomic E-state index is -0.658. The highest BCUT2D eigenvalue weighted by molar-refractivity contribution is 5.90. The first kappa shape index (κ1) is 12.7. The van der Waals surface area contributed by atoms with Crippen LogP contribution in [0.4, 0.5) is 0 Å². The molecule has 5 nitrogen and oxygen atoms in total. The molecule has 0 aromatic heterocycles. The van der Waals surface area contributed by atoms with E-state index in [9.17, 15) is 14.4 Å². The van der Waals surface area contributed by atoms with Crippen LogP contribution >= 0.6 is 0 Å². The molecule has 1 aliphatic rings. The van der Waals surface area contributed by atoms with E-state index in [1.807, 2.05) is 0 Å². The number of ether oxygens (including phenoxy) is 1. The van der Waals surface area contributed by atoms with Gasteiger partial charge in [-0.25, -0.2) is 4.79 Å². The fraction of sp³-hybridized carbons (Fsp3) is 0.727. The molecule has 1 N–H and O–H groups in total. The van der Waals surface area contributed by atoms with Crippen molar-refractivity contribution < 1.29 is 19.1 Å². The normalized spacial score (nSPS) is 21.6. The smallest absolute Gasteiger partial charge is 0.328 e. The number of amides is 1. The molecule has 0 aromatic rings. The fourth-order valence-corrected chi connectivity index (χ4v) is 1.86. The molecule has 2 unspecified atom stereocenters. The zero-order valence-corrected chi connectivity index (χ0v) is 9.62. The van der Waals surface area contributed by atoms with E-state index >= 15 is 0 Å². The van der Waals surface area contributed by atoms with Crippen LogP contribution in [-0.2, 0) is 19.1 Å². The van der Waals surface area contributed by atoms with Crippen molar-refractivity contribution in [1.29, 1.82) is 0 Å². The van der Waals surface area contributed by atoms with Gasteiger partial charge < -0.3 is 10.1 Å². The first-order valence-electron chi connectivity index (χ1n) is 5.44. The Hall–Kier alpha value is -1.39. The molecule has 0 radical (unpaired) electrons. The topological polar surface area (TPSA) is 72.5 Å². The number of esters is 1. The van der Waals surface area contributed by atoms with Gasteiger partial charge in [0.05, 0.1) is 7.11 Å². The third-order valence-electron chi connectivity index (χ3n) is 2.80. The number of carbonyl (C=O) groups excluding carboxylic acids is 3. The zero-order chi connectivity index (χ0) is 12.1. The van der Waals surface area contributed by atoms with Crippen molar-refractivity contribution in [2.45, 2.75) is 38.6 Å². The number of hydrogen-bond donors (Lipinski definition) is 1. The Bertz CT molecular complexity index is 300. The summed E-state index contributed by atoms with van der Waals surface area (Å²) in [6, 6.07) is -0.658. The van der Waals surface area contributed by atoms with Gasteiger partial charge in [0.1, 0.15) is 11.8 Å². The average molecular weight is 227 g/mol. The van der Waals surface area contributed by atoms with Gasteiger partial charge in [-0.05, 0) is 19.8 Å². The maximum absolute atomic E-state index is 11.5. The standard InChI is InChI=1S/C11H17NO4/c1-7(11(15)16-2)12-10(14)6-8-4-3-5-9(8)13/h7-8H,3-6H2,1-2H3,(H,12,14). The third kappa shape index (κ3) is 3.32. The predicted molar refractivity (Wildman–Crippen MR) is 56.6 cm³/mol. The second-order valence-corrected chi connectivity index (χ2v) is 4.07. The summed E-state index contributed by atoms with van der Waals surface area (Å²) in [7, 11) is 1.27. The van der Waals surface area contributed by atoms with Crippen LogP contribution in [0.15, 0.2) is 0 Å². The number of methoxy groups -OCH3 is 1. The van der Waals surface area contributed by atoms with Crippen LogP contribution in [0.5, 0.6) is 0 Å². The molecule has 5 heteroatoms. The van der Waals surface area contributed by atoms with Crippen LogP contribution in [-0.4, -0.2) is 30.8 Å². The van der Waals surface area contributed by atoms with E-state index in [0.29, 0.717) is 6.42 Å². The van der Waals surface area contributed by atoms with Gasteiger partial charge in [0.25, 0.3) is 0 Å². The number of Topliss-reactive ketones (excluding diaryl/α,β-unsaturated/α-hetero) is 1. The van der Waals surface area contributed by atoms with E-state index in [1.165, 1.54) is 7.11 Å². The molecule has 0 heterocycles. The van der Waals surface area contributed by atoms with Crippen LogP contribution < -0.4 is 5.32 Å². The lowest BCUT2D eigenvalue weighted by atomic mass is 10.0. The van der Waals surface area contributed by atoms with Crippen molar-refractivity contribution in [3.8, 4) is 0 Å². The summed E-state index contributed by atoms with van der Waals surface area (Å²) in [6.07, 6.45) is 2.40. The summed E-state index contributed by atoms with van der Waals surface area (Å²) in [4.78, 5) is 33.9. The van der Waals surface area contributed by atoms with Crippen molar-refractivity contribution in [3.05, 3.63) is 0 Å². The Kier molecular flexibility index (Phi) is 4.46. The number of ketones is 1. The van der Waals surface area contributed by atoms with Crippen LogP contribution in [0.2, 0.25) is 0 Å². The van der Waals surface area contributed by atoms with Crippen molar-refractivity contribution in [3.63, 3.8) is 0 Å². The average Bonchev–Trinajstić information content (AvgIpc) is 2.63. The van der Waals surface area contributed by atoms with E-state index in [2.05, 4.69) is 10.1 Å². The zero-order valence-electron chi connectivity index (χ0n) is 9.62. The number of rotatable bonds is 4. The molecule has 0 bridgehead atoms. The molecule has 16 heavy (non-hydrogen) atoms. The Labute approximate surface area is 94.5 Å². The first-order chi connectivity index (χ1) is 7.54. The summed E-state index contributed by atoms with van der Waals surface area (Å²) in [5, 5.41) is 2.51. The minimum Gasteiger partial charge on any atom is -0.467 e. The second-order valence-electron chi connectivity index (χ2n) is 4.07. The number of nitrogens with one attached hydrogen (secondary N) is 1. The van der Waals surface area contributed by atoms with Gasteiger partial charge in [0.2, 0.25) is 5.91 Å². The molecule has 1 saturated carbocycles. The lowest BCUT2D eigenvalue weighted by Gasteiger charge is -2.13. The molecule has 0 aromatic carbocycles. The molecule has 1 amide bonds. The van der Waals surface area contributed by atoms with Crippen molar-refractivity contribution in [2.75, 3.05) is 7.11 Å². The summed E-state index contributed by atoms with van der Waals surface area (Å²) in [6.45, 7) is 1.56. The van der Waals surface area contributed by atoms with Crippen molar-refractivity contribution >= 4 is 17.7 Å². The van der Waals surface area contributed by atoms with Crippen molar-refractivity contribution in [1.82, 2.24) is 5.32 Å². The molecule has 0 spiro atoms.